The second kappa shape index (κ2) is 5.48. The van der Waals surface area contributed by atoms with Crippen molar-refractivity contribution >= 4 is 46.3 Å². The lowest BCUT2D eigenvalue weighted by Crippen LogP contribution is -1.97. The number of fused-ring (bicyclic) bond motifs is 1. The van der Waals surface area contributed by atoms with Crippen LogP contribution in [0.5, 0.6) is 0 Å². The van der Waals surface area contributed by atoms with Gasteiger partial charge in [-0.1, -0.05) is 23.2 Å². The number of rotatable bonds is 3. The van der Waals surface area contributed by atoms with Crippen molar-refractivity contribution in [2.75, 3.05) is 5.43 Å². The lowest BCUT2D eigenvalue weighted by atomic mass is 10.3. The number of hydrogen-bond donors (Lipinski definition) is 1. The molecule has 0 spiro atoms. The third-order valence-corrected chi connectivity index (χ3v) is 2.99. The third-order valence-electron chi connectivity index (χ3n) is 2.49. The molecular formula is C13H8Cl2N4O. The number of nitrogens with one attached hydrogen (secondary N) is 1. The average molecular weight is 307 g/mol. The first kappa shape index (κ1) is 12.9. The fraction of sp³-hybridized carbons (Fsp3) is 0. The summed E-state index contributed by atoms with van der Waals surface area (Å²) in [7, 11) is 0. The SMILES string of the molecule is Clc1ccc2nc(Cl)c(NN=Cc3ccco3)nc2c1. The van der Waals surface area contributed by atoms with Crippen LogP contribution in [0.25, 0.3) is 11.0 Å². The zero-order valence-electron chi connectivity index (χ0n) is 10.0. The molecule has 2 heterocycles. The van der Waals surface area contributed by atoms with E-state index in [1.165, 1.54) is 6.21 Å². The molecule has 0 saturated carbocycles. The zero-order chi connectivity index (χ0) is 13.9. The van der Waals surface area contributed by atoms with Gasteiger partial charge >= 0.3 is 0 Å². The van der Waals surface area contributed by atoms with E-state index in [0.717, 1.165) is 0 Å². The van der Waals surface area contributed by atoms with Gasteiger partial charge in [-0.2, -0.15) is 5.10 Å². The van der Waals surface area contributed by atoms with Crippen LogP contribution in [0.1, 0.15) is 5.76 Å². The van der Waals surface area contributed by atoms with Gasteiger partial charge in [-0.15, -0.1) is 0 Å². The normalized spacial score (nSPS) is 11.3. The Morgan fingerprint density at radius 3 is 2.85 bits per heavy atom. The number of anilines is 1. The molecule has 0 unspecified atom stereocenters. The second-order valence-corrected chi connectivity index (χ2v) is 4.68. The molecule has 0 aliphatic carbocycles. The smallest absolute Gasteiger partial charge is 0.185 e. The summed E-state index contributed by atoms with van der Waals surface area (Å²) in [5.41, 5.74) is 4.03. The predicted molar refractivity (Wildman–Crippen MR) is 79.5 cm³/mol. The first-order valence-electron chi connectivity index (χ1n) is 5.68. The highest BCUT2D eigenvalue weighted by molar-refractivity contribution is 6.32. The van der Waals surface area contributed by atoms with Crippen LogP contribution >= 0.6 is 23.2 Å². The first-order chi connectivity index (χ1) is 9.72. The minimum Gasteiger partial charge on any atom is -0.463 e. The Bertz CT molecular complexity index is 771. The van der Waals surface area contributed by atoms with Crippen LogP contribution < -0.4 is 5.43 Å². The highest BCUT2D eigenvalue weighted by atomic mass is 35.5. The summed E-state index contributed by atoms with van der Waals surface area (Å²) in [6.07, 6.45) is 3.08. The maximum atomic E-state index is 6.04. The molecule has 100 valence electrons. The fourth-order valence-corrected chi connectivity index (χ4v) is 1.94. The molecular weight excluding hydrogens is 299 g/mol. The van der Waals surface area contributed by atoms with Crippen LogP contribution in [-0.2, 0) is 0 Å². The van der Waals surface area contributed by atoms with Gasteiger partial charge in [0.2, 0.25) is 0 Å². The molecule has 0 atom stereocenters. The van der Waals surface area contributed by atoms with Gasteiger partial charge < -0.3 is 4.42 Å². The standard InChI is InChI=1S/C13H8Cl2N4O/c14-8-3-4-10-11(6-8)18-13(12(15)17-10)19-16-7-9-2-1-5-20-9/h1-7H,(H,18,19). The van der Waals surface area contributed by atoms with Gasteiger partial charge in [-0.25, -0.2) is 9.97 Å². The minimum atomic E-state index is 0.233. The summed E-state index contributed by atoms with van der Waals surface area (Å²) in [5.74, 6) is 0.967. The summed E-state index contributed by atoms with van der Waals surface area (Å²) >= 11 is 12.0. The quantitative estimate of drug-likeness (QED) is 0.587. The minimum absolute atomic E-state index is 0.233. The Morgan fingerprint density at radius 2 is 2.05 bits per heavy atom. The van der Waals surface area contributed by atoms with Crippen molar-refractivity contribution < 1.29 is 4.42 Å². The molecule has 3 aromatic rings. The molecule has 1 N–H and O–H groups in total. The van der Waals surface area contributed by atoms with Crippen LogP contribution in [-0.4, -0.2) is 16.2 Å². The maximum absolute atomic E-state index is 6.04. The lowest BCUT2D eigenvalue weighted by Gasteiger charge is -2.04. The van der Waals surface area contributed by atoms with Crippen LogP contribution in [0, 0.1) is 0 Å². The van der Waals surface area contributed by atoms with Gasteiger partial charge in [0.1, 0.15) is 5.76 Å². The van der Waals surface area contributed by atoms with Crippen LogP contribution in [0.2, 0.25) is 10.2 Å². The van der Waals surface area contributed by atoms with Crippen molar-refractivity contribution in [2.24, 2.45) is 5.10 Å². The van der Waals surface area contributed by atoms with E-state index in [1.807, 2.05) is 0 Å². The Balaban J connectivity index is 1.89. The molecule has 7 heteroatoms. The van der Waals surface area contributed by atoms with Gasteiger partial charge in [0, 0.05) is 5.02 Å². The zero-order valence-corrected chi connectivity index (χ0v) is 11.6. The molecule has 3 rings (SSSR count). The number of hydrazone groups is 1. The van der Waals surface area contributed by atoms with E-state index in [0.29, 0.717) is 27.6 Å². The van der Waals surface area contributed by atoms with E-state index < -0.39 is 0 Å². The van der Waals surface area contributed by atoms with Gasteiger partial charge in [0.05, 0.1) is 23.5 Å². The summed E-state index contributed by atoms with van der Waals surface area (Å²) in [6, 6.07) is 8.75. The number of benzene rings is 1. The first-order valence-corrected chi connectivity index (χ1v) is 6.43. The number of aromatic nitrogens is 2. The Kier molecular flexibility index (Phi) is 3.54. The largest absolute Gasteiger partial charge is 0.463 e. The van der Waals surface area contributed by atoms with Gasteiger partial charge in [0.25, 0.3) is 0 Å². The van der Waals surface area contributed by atoms with Crippen LogP contribution in [0.15, 0.2) is 46.1 Å². The van der Waals surface area contributed by atoms with E-state index >= 15 is 0 Å². The van der Waals surface area contributed by atoms with Crippen molar-refractivity contribution in [2.45, 2.75) is 0 Å². The molecule has 20 heavy (non-hydrogen) atoms. The molecule has 0 radical (unpaired) electrons. The van der Waals surface area contributed by atoms with Gasteiger partial charge in [0.15, 0.2) is 11.0 Å². The number of hydrogen-bond acceptors (Lipinski definition) is 5. The molecule has 2 aromatic heterocycles. The van der Waals surface area contributed by atoms with E-state index in [1.54, 1.807) is 36.6 Å². The number of furan rings is 1. The Labute approximate surface area is 124 Å². The maximum Gasteiger partial charge on any atom is 0.185 e. The Morgan fingerprint density at radius 1 is 1.15 bits per heavy atom. The van der Waals surface area contributed by atoms with E-state index in [-0.39, 0.29) is 5.15 Å². The van der Waals surface area contributed by atoms with Crippen molar-refractivity contribution in [3.05, 3.63) is 52.5 Å². The predicted octanol–water partition coefficient (Wildman–Crippen LogP) is 3.98. The highest BCUT2D eigenvalue weighted by Crippen LogP contribution is 2.23. The van der Waals surface area contributed by atoms with Crippen molar-refractivity contribution in [3.8, 4) is 0 Å². The fourth-order valence-electron chi connectivity index (χ4n) is 1.60. The van der Waals surface area contributed by atoms with Gasteiger partial charge in [-0.3, -0.25) is 5.43 Å². The average Bonchev–Trinajstić information content (AvgIpc) is 2.93. The molecule has 0 aliphatic rings. The monoisotopic (exact) mass is 306 g/mol. The summed E-state index contributed by atoms with van der Waals surface area (Å²) in [6.45, 7) is 0. The molecule has 0 bridgehead atoms. The van der Waals surface area contributed by atoms with E-state index in [4.69, 9.17) is 27.6 Å². The van der Waals surface area contributed by atoms with Gasteiger partial charge in [-0.05, 0) is 30.3 Å². The molecule has 0 fully saturated rings. The van der Waals surface area contributed by atoms with E-state index in [9.17, 15) is 0 Å². The molecule has 0 amide bonds. The summed E-state index contributed by atoms with van der Waals surface area (Å²) in [5, 5.41) is 4.80. The van der Waals surface area contributed by atoms with Crippen molar-refractivity contribution in [1.29, 1.82) is 0 Å². The molecule has 0 saturated heterocycles. The van der Waals surface area contributed by atoms with Crippen LogP contribution in [0.3, 0.4) is 0 Å². The molecule has 0 aliphatic heterocycles. The third kappa shape index (κ3) is 2.74. The topological polar surface area (TPSA) is 63.3 Å². The summed E-state index contributed by atoms with van der Waals surface area (Å²) in [4.78, 5) is 8.54. The Hall–Kier alpha value is -2.11. The van der Waals surface area contributed by atoms with E-state index in [2.05, 4.69) is 20.5 Å². The van der Waals surface area contributed by atoms with Crippen molar-refractivity contribution in [1.82, 2.24) is 9.97 Å². The number of halogens is 2. The number of nitrogens with zero attached hydrogens (tertiary/aromatic N) is 3. The highest BCUT2D eigenvalue weighted by Gasteiger charge is 2.06. The summed E-state index contributed by atoms with van der Waals surface area (Å²) < 4.78 is 5.11. The second-order valence-electron chi connectivity index (χ2n) is 3.88. The molecule has 5 nitrogen and oxygen atoms in total. The molecule has 1 aromatic carbocycles. The van der Waals surface area contributed by atoms with Crippen molar-refractivity contribution in [3.63, 3.8) is 0 Å². The van der Waals surface area contributed by atoms with Crippen LogP contribution in [0.4, 0.5) is 5.82 Å². The lowest BCUT2D eigenvalue weighted by molar-refractivity contribution is 0.560.